The standard InChI is InChI=1S/C17H26N4/c1-13-7-10-20(11-8-13)14(2)17-19-15-5-3-4-6-16(15)21(17)12-9-18/h3-6,13-14H,7-12,18H2,1-2H3. The molecule has 1 atom stereocenters. The van der Waals surface area contributed by atoms with Crippen LogP contribution in [0.5, 0.6) is 0 Å². The Morgan fingerprint density at radius 2 is 2.00 bits per heavy atom. The average Bonchev–Trinajstić information content (AvgIpc) is 2.87. The van der Waals surface area contributed by atoms with Crippen molar-refractivity contribution < 1.29 is 0 Å². The molecule has 2 heterocycles. The molecule has 4 nitrogen and oxygen atoms in total. The van der Waals surface area contributed by atoms with Crippen molar-refractivity contribution in [1.29, 1.82) is 0 Å². The zero-order valence-corrected chi connectivity index (χ0v) is 13.1. The fraction of sp³-hybridized carbons (Fsp3) is 0.588. The lowest BCUT2D eigenvalue weighted by Gasteiger charge is -2.34. The van der Waals surface area contributed by atoms with Crippen LogP contribution in [-0.4, -0.2) is 34.1 Å². The van der Waals surface area contributed by atoms with Gasteiger partial charge in [0, 0.05) is 13.1 Å². The summed E-state index contributed by atoms with van der Waals surface area (Å²) in [6.07, 6.45) is 2.59. The maximum absolute atomic E-state index is 5.81. The van der Waals surface area contributed by atoms with Gasteiger partial charge in [0.25, 0.3) is 0 Å². The van der Waals surface area contributed by atoms with E-state index < -0.39 is 0 Å². The fourth-order valence-electron chi connectivity index (χ4n) is 3.36. The highest BCUT2D eigenvalue weighted by molar-refractivity contribution is 5.76. The molecule has 2 aromatic rings. The molecule has 1 saturated heterocycles. The summed E-state index contributed by atoms with van der Waals surface area (Å²) >= 11 is 0. The second-order valence-corrected chi connectivity index (χ2v) is 6.29. The molecule has 0 spiro atoms. The Kier molecular flexibility index (Phi) is 4.27. The first-order valence-corrected chi connectivity index (χ1v) is 8.10. The number of rotatable bonds is 4. The first kappa shape index (κ1) is 14.5. The number of hydrogen-bond donors (Lipinski definition) is 1. The molecule has 0 radical (unpaired) electrons. The molecule has 0 saturated carbocycles. The van der Waals surface area contributed by atoms with Gasteiger partial charge in [0.2, 0.25) is 0 Å². The monoisotopic (exact) mass is 286 g/mol. The Bertz CT molecular complexity index is 596. The second-order valence-electron chi connectivity index (χ2n) is 6.29. The Morgan fingerprint density at radius 1 is 1.29 bits per heavy atom. The van der Waals surface area contributed by atoms with E-state index in [-0.39, 0.29) is 0 Å². The van der Waals surface area contributed by atoms with E-state index in [2.05, 4.69) is 47.6 Å². The number of para-hydroxylation sites is 2. The van der Waals surface area contributed by atoms with Crippen molar-refractivity contribution in [3.63, 3.8) is 0 Å². The van der Waals surface area contributed by atoms with Crippen molar-refractivity contribution in [3.8, 4) is 0 Å². The number of likely N-dealkylation sites (tertiary alicyclic amines) is 1. The van der Waals surface area contributed by atoms with Crippen LogP contribution >= 0.6 is 0 Å². The first-order chi connectivity index (χ1) is 10.2. The van der Waals surface area contributed by atoms with E-state index in [1.165, 1.54) is 31.4 Å². The van der Waals surface area contributed by atoms with Gasteiger partial charge in [-0.15, -0.1) is 0 Å². The highest BCUT2D eigenvalue weighted by atomic mass is 15.2. The average molecular weight is 286 g/mol. The van der Waals surface area contributed by atoms with Crippen LogP contribution in [-0.2, 0) is 6.54 Å². The summed E-state index contributed by atoms with van der Waals surface area (Å²) < 4.78 is 2.30. The van der Waals surface area contributed by atoms with Crippen molar-refractivity contribution in [2.75, 3.05) is 19.6 Å². The van der Waals surface area contributed by atoms with Crippen molar-refractivity contribution in [3.05, 3.63) is 30.1 Å². The summed E-state index contributed by atoms with van der Waals surface area (Å²) in [6, 6.07) is 8.73. The predicted molar refractivity (Wildman–Crippen MR) is 87.2 cm³/mol. The minimum absolute atomic E-state index is 0.358. The van der Waals surface area contributed by atoms with Crippen LogP contribution in [0.1, 0.15) is 38.6 Å². The van der Waals surface area contributed by atoms with Crippen molar-refractivity contribution in [2.24, 2.45) is 11.7 Å². The van der Waals surface area contributed by atoms with Gasteiger partial charge in [-0.05, 0) is 50.9 Å². The third-order valence-corrected chi connectivity index (χ3v) is 4.78. The summed E-state index contributed by atoms with van der Waals surface area (Å²) in [5, 5.41) is 0. The van der Waals surface area contributed by atoms with E-state index in [0.29, 0.717) is 12.6 Å². The molecule has 21 heavy (non-hydrogen) atoms. The second kappa shape index (κ2) is 6.16. The van der Waals surface area contributed by atoms with E-state index in [9.17, 15) is 0 Å². The summed E-state index contributed by atoms with van der Waals surface area (Å²) in [5.74, 6) is 2.02. The molecular formula is C17H26N4. The number of aromatic nitrogens is 2. The first-order valence-electron chi connectivity index (χ1n) is 8.10. The Morgan fingerprint density at radius 3 is 2.71 bits per heavy atom. The number of benzene rings is 1. The summed E-state index contributed by atoms with van der Waals surface area (Å²) in [5.41, 5.74) is 8.10. The van der Waals surface area contributed by atoms with Gasteiger partial charge >= 0.3 is 0 Å². The number of nitrogens with two attached hydrogens (primary N) is 1. The normalized spacial score (nSPS) is 19.2. The predicted octanol–water partition coefficient (Wildman–Crippen LogP) is 2.79. The van der Waals surface area contributed by atoms with Crippen molar-refractivity contribution >= 4 is 11.0 Å². The Hall–Kier alpha value is -1.39. The molecule has 0 amide bonds. The van der Waals surface area contributed by atoms with Crippen LogP contribution in [0.15, 0.2) is 24.3 Å². The van der Waals surface area contributed by atoms with E-state index in [1.807, 2.05) is 0 Å². The van der Waals surface area contributed by atoms with Crippen LogP contribution < -0.4 is 5.73 Å². The number of fused-ring (bicyclic) bond motifs is 1. The topological polar surface area (TPSA) is 47.1 Å². The van der Waals surface area contributed by atoms with E-state index in [1.54, 1.807) is 0 Å². The molecule has 3 rings (SSSR count). The van der Waals surface area contributed by atoms with Crippen LogP contribution in [0.25, 0.3) is 11.0 Å². The van der Waals surface area contributed by atoms with Gasteiger partial charge in [-0.2, -0.15) is 0 Å². The number of hydrogen-bond acceptors (Lipinski definition) is 3. The SMILES string of the molecule is CC1CCN(C(C)c2nc3ccccc3n2CCN)CC1. The molecule has 4 heteroatoms. The van der Waals surface area contributed by atoms with Crippen LogP contribution in [0.2, 0.25) is 0 Å². The molecule has 1 fully saturated rings. The number of imidazole rings is 1. The maximum Gasteiger partial charge on any atom is 0.127 e. The molecule has 114 valence electrons. The number of piperidine rings is 1. The molecular weight excluding hydrogens is 260 g/mol. The van der Waals surface area contributed by atoms with Crippen LogP contribution in [0.4, 0.5) is 0 Å². The minimum atomic E-state index is 0.358. The summed E-state index contributed by atoms with van der Waals surface area (Å²) in [7, 11) is 0. The fourth-order valence-corrected chi connectivity index (χ4v) is 3.36. The van der Waals surface area contributed by atoms with Crippen LogP contribution in [0, 0.1) is 5.92 Å². The molecule has 1 aliphatic heterocycles. The van der Waals surface area contributed by atoms with Crippen LogP contribution in [0.3, 0.4) is 0 Å². The van der Waals surface area contributed by atoms with E-state index in [4.69, 9.17) is 10.7 Å². The molecule has 1 aromatic heterocycles. The Balaban J connectivity index is 1.93. The smallest absolute Gasteiger partial charge is 0.127 e. The maximum atomic E-state index is 5.81. The number of nitrogens with zero attached hydrogens (tertiary/aromatic N) is 3. The lowest BCUT2D eigenvalue weighted by molar-refractivity contribution is 0.140. The van der Waals surface area contributed by atoms with Gasteiger partial charge in [-0.25, -0.2) is 4.98 Å². The van der Waals surface area contributed by atoms with Gasteiger partial charge in [0.1, 0.15) is 5.82 Å². The molecule has 1 unspecified atom stereocenters. The quantitative estimate of drug-likeness (QED) is 0.940. The zero-order chi connectivity index (χ0) is 14.8. The molecule has 0 bridgehead atoms. The van der Waals surface area contributed by atoms with Gasteiger partial charge in [-0.1, -0.05) is 19.1 Å². The highest BCUT2D eigenvalue weighted by Crippen LogP contribution is 2.28. The highest BCUT2D eigenvalue weighted by Gasteiger charge is 2.25. The van der Waals surface area contributed by atoms with Gasteiger partial charge in [0.15, 0.2) is 0 Å². The lowest BCUT2D eigenvalue weighted by atomic mass is 9.98. The largest absolute Gasteiger partial charge is 0.329 e. The third kappa shape index (κ3) is 2.83. The molecule has 2 N–H and O–H groups in total. The summed E-state index contributed by atoms with van der Waals surface area (Å²) in [6.45, 7) is 8.47. The van der Waals surface area contributed by atoms with Crippen molar-refractivity contribution in [2.45, 2.75) is 39.3 Å². The minimum Gasteiger partial charge on any atom is -0.329 e. The molecule has 0 aliphatic carbocycles. The summed E-state index contributed by atoms with van der Waals surface area (Å²) in [4.78, 5) is 7.45. The van der Waals surface area contributed by atoms with Gasteiger partial charge in [-0.3, -0.25) is 4.90 Å². The molecule has 1 aromatic carbocycles. The van der Waals surface area contributed by atoms with E-state index >= 15 is 0 Å². The molecule has 1 aliphatic rings. The zero-order valence-electron chi connectivity index (χ0n) is 13.1. The van der Waals surface area contributed by atoms with E-state index in [0.717, 1.165) is 23.8 Å². The lowest BCUT2D eigenvalue weighted by Crippen LogP contribution is -2.36. The van der Waals surface area contributed by atoms with Crippen molar-refractivity contribution in [1.82, 2.24) is 14.5 Å². The van der Waals surface area contributed by atoms with Gasteiger partial charge < -0.3 is 10.3 Å². The third-order valence-electron chi connectivity index (χ3n) is 4.78. The Labute approximate surface area is 126 Å². The van der Waals surface area contributed by atoms with Gasteiger partial charge in [0.05, 0.1) is 17.1 Å².